The third kappa shape index (κ3) is 15.3. The van der Waals surface area contributed by atoms with Crippen LogP contribution in [0.2, 0.25) is 0 Å². The molecule has 1 amide bonds. The lowest BCUT2D eigenvalue weighted by Gasteiger charge is -2.42. The molecule has 15 nitrogen and oxygen atoms in total. The van der Waals surface area contributed by atoms with Crippen LogP contribution < -0.4 is 0 Å². The number of Topliss-reactive ketones (excluding diaryl/α,β-unsaturated/α-hetero) is 3. The van der Waals surface area contributed by atoms with Crippen molar-refractivity contribution in [2.24, 2.45) is 35.5 Å². The molecule has 1 aliphatic carbocycles. The zero-order valence-corrected chi connectivity index (χ0v) is 42.4. The number of nitrogens with zero attached hydrogens (tertiary/aromatic N) is 1. The van der Waals surface area contributed by atoms with Crippen molar-refractivity contribution < 1.29 is 67.7 Å². The molecule has 3 N–H and O–H groups in total. The number of esters is 1. The summed E-state index contributed by atoms with van der Waals surface area (Å²) in [5.74, 6) is -7.96. The lowest BCUT2D eigenvalue weighted by Crippen LogP contribution is -2.61. The Bertz CT molecular complexity index is 1810. The minimum Gasteiger partial charge on any atom is -0.460 e. The molecule has 4 rings (SSSR count). The zero-order chi connectivity index (χ0) is 50.3. The first-order valence-corrected chi connectivity index (χ1v) is 25.0. The minimum absolute atomic E-state index is 0.0158. The largest absolute Gasteiger partial charge is 0.460 e. The van der Waals surface area contributed by atoms with Crippen LogP contribution in [0.15, 0.2) is 47.6 Å². The van der Waals surface area contributed by atoms with E-state index in [2.05, 4.69) is 0 Å². The molecule has 1 unspecified atom stereocenters. The minimum atomic E-state index is -2.43. The Morgan fingerprint density at radius 2 is 1.59 bits per heavy atom. The predicted molar refractivity (Wildman–Crippen MR) is 256 cm³/mol. The van der Waals surface area contributed by atoms with E-state index in [9.17, 15) is 39.3 Å². The van der Waals surface area contributed by atoms with Gasteiger partial charge in [0.15, 0.2) is 5.78 Å². The van der Waals surface area contributed by atoms with Gasteiger partial charge in [0.1, 0.15) is 30.1 Å². The summed E-state index contributed by atoms with van der Waals surface area (Å²) < 4.78 is 35.6. The first-order chi connectivity index (χ1) is 32.3. The van der Waals surface area contributed by atoms with Gasteiger partial charge in [0.05, 0.1) is 37.6 Å². The number of methoxy groups -OCH3 is 3. The number of ketones is 3. The fourth-order valence-electron chi connectivity index (χ4n) is 10.5. The van der Waals surface area contributed by atoms with E-state index in [1.54, 1.807) is 41.1 Å². The van der Waals surface area contributed by atoms with Gasteiger partial charge in [-0.1, -0.05) is 71.1 Å². The Kier molecular flexibility index (Phi) is 22.9. The monoisotopic (exact) mass is 958 g/mol. The van der Waals surface area contributed by atoms with E-state index in [0.29, 0.717) is 63.4 Å². The second kappa shape index (κ2) is 27.3. The quantitative estimate of drug-likeness (QED) is 0.134. The van der Waals surface area contributed by atoms with E-state index in [-0.39, 0.29) is 74.1 Å². The highest BCUT2D eigenvalue weighted by atomic mass is 16.6. The maximum absolute atomic E-state index is 14.5. The van der Waals surface area contributed by atoms with Gasteiger partial charge >= 0.3 is 5.97 Å². The summed E-state index contributed by atoms with van der Waals surface area (Å²) in [7, 11) is 4.58. The molecule has 0 aromatic heterocycles. The Morgan fingerprint density at radius 1 is 0.853 bits per heavy atom. The number of amides is 1. The van der Waals surface area contributed by atoms with Crippen molar-refractivity contribution in [1.82, 2.24) is 4.90 Å². The maximum atomic E-state index is 14.5. The predicted octanol–water partition coefficient (Wildman–Crippen LogP) is 6.20. The summed E-state index contributed by atoms with van der Waals surface area (Å²) in [5.41, 5.74) is 1.26. The molecule has 3 fully saturated rings. The van der Waals surface area contributed by atoms with Gasteiger partial charge in [-0.25, -0.2) is 4.79 Å². The number of aliphatic hydroxyl groups excluding tert-OH is 2. The summed E-state index contributed by atoms with van der Waals surface area (Å²) in [4.78, 5) is 72.1. The fourth-order valence-corrected chi connectivity index (χ4v) is 10.5. The second-order valence-corrected chi connectivity index (χ2v) is 20.2. The molecule has 68 heavy (non-hydrogen) atoms. The number of cyclic esters (lactones) is 1. The number of piperidine rings is 1. The van der Waals surface area contributed by atoms with Crippen LogP contribution in [0.4, 0.5) is 0 Å². The van der Waals surface area contributed by atoms with Crippen molar-refractivity contribution in [1.29, 1.82) is 0 Å². The van der Waals surface area contributed by atoms with Crippen molar-refractivity contribution in [3.05, 3.63) is 47.6 Å². The molecule has 0 aromatic carbocycles. The zero-order valence-electron chi connectivity index (χ0n) is 42.4. The lowest BCUT2D eigenvalue weighted by molar-refractivity contribution is -0.265. The lowest BCUT2D eigenvalue weighted by atomic mass is 9.78. The van der Waals surface area contributed by atoms with Crippen molar-refractivity contribution in [3.8, 4) is 0 Å². The van der Waals surface area contributed by atoms with Gasteiger partial charge in [-0.05, 0) is 107 Å². The van der Waals surface area contributed by atoms with Gasteiger partial charge in [-0.3, -0.25) is 19.2 Å². The van der Waals surface area contributed by atoms with Crippen molar-refractivity contribution in [2.75, 3.05) is 41.1 Å². The molecule has 384 valence electrons. The van der Waals surface area contributed by atoms with Gasteiger partial charge < -0.3 is 48.6 Å². The van der Waals surface area contributed by atoms with E-state index in [4.69, 9.17) is 28.4 Å². The summed E-state index contributed by atoms with van der Waals surface area (Å²) in [6.07, 6.45) is 12.0. The number of hydrogen-bond donors (Lipinski definition) is 3. The van der Waals surface area contributed by atoms with Gasteiger partial charge in [0, 0.05) is 58.5 Å². The average molecular weight is 958 g/mol. The second-order valence-electron chi connectivity index (χ2n) is 20.2. The maximum Gasteiger partial charge on any atom is 0.329 e. The first kappa shape index (κ1) is 57.2. The molecule has 15 atom stereocenters. The molecular weight excluding hydrogens is 875 g/mol. The van der Waals surface area contributed by atoms with E-state index in [0.717, 1.165) is 12.0 Å². The summed E-state index contributed by atoms with van der Waals surface area (Å²) in [6, 6.07) is -1.14. The van der Waals surface area contributed by atoms with Crippen molar-refractivity contribution in [2.45, 2.75) is 180 Å². The molecule has 2 saturated heterocycles. The van der Waals surface area contributed by atoms with Crippen LogP contribution in [0.3, 0.4) is 0 Å². The molecule has 2 bridgehead atoms. The van der Waals surface area contributed by atoms with Crippen molar-refractivity contribution in [3.63, 3.8) is 0 Å². The summed E-state index contributed by atoms with van der Waals surface area (Å²) in [6.45, 7) is 12.9. The molecule has 0 radical (unpaired) electrons. The standard InChI is InChI=1S/C53H83NO14/c1-32-16-12-11-13-17-33(2)44(63-8)30-40-21-19-38(7)53(62,68-40)50(59)51(60)54-23-15-14-18-41(54)52(61)67-45(35(4)28-39-20-22-43(66-25-24-55)46(29-39)64-9)31-42(56)34(3)27-37(6)48(58)49(65-10)47(57)36(5)26-32/h11-13,16-17,27,32,34-36,38-41,43-46,48-49,55,58,62H,14-15,18-26,28-31H2,1-10H3/b13-11+,16-12?,33-17+,37-27-/t32-,34-,35-,36-,38-,39+,40+,41?,43-,44+,45+,46-,48-,49+,53-/m1/s1. The normalized spacial score (nSPS) is 38.7. The Hall–Kier alpha value is -3.41. The Balaban J connectivity index is 1.70. The summed E-state index contributed by atoms with van der Waals surface area (Å²) >= 11 is 0. The van der Waals surface area contributed by atoms with Crippen LogP contribution in [0, 0.1) is 35.5 Å². The van der Waals surface area contributed by atoms with Crippen LogP contribution in [-0.4, -0.2) is 145 Å². The van der Waals surface area contributed by atoms with Gasteiger partial charge in [0.25, 0.3) is 11.7 Å². The van der Waals surface area contributed by atoms with Gasteiger partial charge in [-0.2, -0.15) is 0 Å². The molecule has 0 aromatic rings. The number of carbonyl (C=O) groups is 5. The number of hydrogen-bond acceptors (Lipinski definition) is 14. The van der Waals surface area contributed by atoms with Gasteiger partial charge in [-0.15, -0.1) is 0 Å². The third-order valence-electron chi connectivity index (χ3n) is 14.9. The molecule has 0 spiro atoms. The van der Waals surface area contributed by atoms with E-state index in [1.807, 2.05) is 58.1 Å². The molecular formula is C53H83NO14. The van der Waals surface area contributed by atoms with E-state index < -0.39 is 77.8 Å². The Labute approximate surface area is 405 Å². The van der Waals surface area contributed by atoms with E-state index in [1.165, 1.54) is 12.0 Å². The average Bonchev–Trinajstić information content (AvgIpc) is 3.32. The smallest absolute Gasteiger partial charge is 0.329 e. The third-order valence-corrected chi connectivity index (χ3v) is 14.9. The highest BCUT2D eigenvalue weighted by Crippen LogP contribution is 2.38. The van der Waals surface area contributed by atoms with Crippen molar-refractivity contribution >= 4 is 29.2 Å². The summed E-state index contributed by atoms with van der Waals surface area (Å²) in [5, 5.41) is 32.8. The molecule has 3 heterocycles. The van der Waals surface area contributed by atoms with Crippen LogP contribution >= 0.6 is 0 Å². The Morgan fingerprint density at radius 3 is 2.26 bits per heavy atom. The van der Waals surface area contributed by atoms with Crippen LogP contribution in [0.25, 0.3) is 0 Å². The van der Waals surface area contributed by atoms with E-state index >= 15 is 0 Å². The first-order valence-electron chi connectivity index (χ1n) is 25.0. The number of rotatable bonds is 9. The molecule has 4 aliphatic rings. The molecule has 3 aliphatic heterocycles. The highest BCUT2D eigenvalue weighted by molar-refractivity contribution is 6.39. The van der Waals surface area contributed by atoms with Crippen LogP contribution in [0.5, 0.6) is 0 Å². The highest BCUT2D eigenvalue weighted by Gasteiger charge is 2.53. The van der Waals surface area contributed by atoms with Crippen LogP contribution in [-0.2, 0) is 52.4 Å². The number of fused-ring (bicyclic) bond motifs is 3. The molecule has 1 saturated carbocycles. The topological polar surface area (TPSA) is 205 Å². The fraction of sp³-hybridized carbons (Fsp3) is 0.755. The number of carbonyl (C=O) groups excluding carboxylic acids is 5. The van der Waals surface area contributed by atoms with Crippen LogP contribution in [0.1, 0.15) is 126 Å². The number of allylic oxidation sites excluding steroid dienone is 6. The van der Waals surface area contributed by atoms with Gasteiger partial charge in [0.2, 0.25) is 5.79 Å². The molecule has 15 heteroatoms. The number of ether oxygens (including phenoxy) is 6. The number of aliphatic hydroxyl groups is 3. The SMILES string of the molecule is CO[C@H]1C[C@@H]2CC[C@@H](C)[C@@](O)(O2)C(=O)C(=O)N2CCCCC2C(=O)O[C@H]([C@H](C)C[C@@H]2CC[C@@H](OCCO)[C@H](OC)C2)CC(=O)[C@H](C)/C=C(/C)[C@@H](O)[C@@H](OC)C(=O)[C@H](C)C[C@H](C)C=C/C=C/C=C/1C.